The fourth-order valence-corrected chi connectivity index (χ4v) is 3.52. The molecule has 1 saturated heterocycles. The highest BCUT2D eigenvalue weighted by atomic mass is 19.1. The molecule has 6 nitrogen and oxygen atoms in total. The Balaban J connectivity index is 1.61. The quantitative estimate of drug-likeness (QED) is 0.815. The molecular weight excluding hydrogens is 373 g/mol. The molecule has 1 aliphatic rings. The van der Waals surface area contributed by atoms with E-state index in [2.05, 4.69) is 5.32 Å². The molecule has 2 aromatic carbocycles. The molecule has 0 saturated carbocycles. The minimum atomic E-state index is -0.608. The summed E-state index contributed by atoms with van der Waals surface area (Å²) in [5.41, 5.74) is 1.91. The summed E-state index contributed by atoms with van der Waals surface area (Å²) >= 11 is 0. The summed E-state index contributed by atoms with van der Waals surface area (Å²) in [5, 5.41) is 2.83. The monoisotopic (exact) mass is 397 g/mol. The summed E-state index contributed by atoms with van der Waals surface area (Å²) < 4.78 is 14.0. The Morgan fingerprint density at radius 1 is 1.17 bits per heavy atom. The fraction of sp³-hybridized carbons (Fsp3) is 0.318. The van der Waals surface area contributed by atoms with E-state index in [4.69, 9.17) is 0 Å². The van der Waals surface area contributed by atoms with E-state index in [0.29, 0.717) is 0 Å². The van der Waals surface area contributed by atoms with Crippen LogP contribution in [0.25, 0.3) is 0 Å². The maximum Gasteiger partial charge on any atom is 0.243 e. The third-order valence-corrected chi connectivity index (χ3v) is 5.05. The zero-order valence-corrected chi connectivity index (χ0v) is 16.5. The molecule has 0 unspecified atom stereocenters. The number of benzene rings is 2. The SMILES string of the molecule is CCc1ccccc1NC(=O)CN(C)C(=O)[C@@H]1CC(=O)N(c2ccccc2F)C1. The molecule has 0 bridgehead atoms. The molecule has 1 fully saturated rings. The number of rotatable bonds is 6. The Bertz CT molecular complexity index is 931. The summed E-state index contributed by atoms with van der Waals surface area (Å²) in [6.07, 6.45) is 0.777. The number of carbonyl (C=O) groups excluding carboxylic acids is 3. The number of hydrogen-bond acceptors (Lipinski definition) is 3. The van der Waals surface area contributed by atoms with Gasteiger partial charge in [-0.1, -0.05) is 37.3 Å². The summed E-state index contributed by atoms with van der Waals surface area (Å²) in [5.74, 6) is -2.03. The first-order valence-electron chi connectivity index (χ1n) is 9.58. The average molecular weight is 397 g/mol. The number of para-hydroxylation sites is 2. The van der Waals surface area contributed by atoms with E-state index in [0.717, 1.165) is 17.7 Å². The van der Waals surface area contributed by atoms with Gasteiger partial charge in [0, 0.05) is 25.7 Å². The standard InChI is InChI=1S/C22H24FN3O3/c1-3-15-8-4-6-10-18(15)24-20(27)14-25(2)22(29)16-12-21(28)26(13-16)19-11-7-5-9-17(19)23/h4-11,16H,3,12-14H2,1-2H3,(H,24,27)/t16-/m1/s1. The van der Waals surface area contributed by atoms with Gasteiger partial charge in [0.1, 0.15) is 5.82 Å². The molecule has 0 radical (unpaired) electrons. The third-order valence-electron chi connectivity index (χ3n) is 5.05. The van der Waals surface area contributed by atoms with E-state index >= 15 is 0 Å². The van der Waals surface area contributed by atoms with Crippen LogP contribution in [0.1, 0.15) is 18.9 Å². The van der Waals surface area contributed by atoms with Gasteiger partial charge in [0.05, 0.1) is 18.2 Å². The number of likely N-dealkylation sites (N-methyl/N-ethyl adjacent to an activating group) is 1. The van der Waals surface area contributed by atoms with Crippen molar-refractivity contribution in [3.05, 3.63) is 59.9 Å². The van der Waals surface area contributed by atoms with Crippen LogP contribution in [0.3, 0.4) is 0 Å². The summed E-state index contributed by atoms with van der Waals surface area (Å²) in [6.45, 7) is 1.98. The highest BCUT2D eigenvalue weighted by Gasteiger charge is 2.37. The number of nitrogens with one attached hydrogen (secondary N) is 1. The van der Waals surface area contributed by atoms with Crippen LogP contribution in [0, 0.1) is 11.7 Å². The Hall–Kier alpha value is -3.22. The van der Waals surface area contributed by atoms with Crippen LogP contribution >= 0.6 is 0 Å². The molecule has 152 valence electrons. The van der Waals surface area contributed by atoms with Crippen LogP contribution in [0.5, 0.6) is 0 Å². The van der Waals surface area contributed by atoms with Crippen molar-refractivity contribution in [2.45, 2.75) is 19.8 Å². The van der Waals surface area contributed by atoms with E-state index in [1.807, 2.05) is 31.2 Å². The van der Waals surface area contributed by atoms with Gasteiger partial charge in [0.15, 0.2) is 0 Å². The topological polar surface area (TPSA) is 69.7 Å². The maximum absolute atomic E-state index is 14.0. The van der Waals surface area contributed by atoms with Gasteiger partial charge in [-0.15, -0.1) is 0 Å². The van der Waals surface area contributed by atoms with Crippen molar-refractivity contribution >= 4 is 29.1 Å². The Morgan fingerprint density at radius 3 is 2.59 bits per heavy atom. The lowest BCUT2D eigenvalue weighted by atomic mass is 10.1. The highest BCUT2D eigenvalue weighted by Crippen LogP contribution is 2.28. The Labute approximate surface area is 169 Å². The van der Waals surface area contributed by atoms with Crippen molar-refractivity contribution in [2.75, 3.05) is 30.4 Å². The number of anilines is 2. The maximum atomic E-state index is 14.0. The lowest BCUT2D eigenvalue weighted by Crippen LogP contribution is -2.39. The van der Waals surface area contributed by atoms with E-state index in [9.17, 15) is 18.8 Å². The van der Waals surface area contributed by atoms with Gasteiger partial charge < -0.3 is 15.1 Å². The van der Waals surface area contributed by atoms with Gasteiger partial charge in [0.2, 0.25) is 17.7 Å². The van der Waals surface area contributed by atoms with Crippen molar-refractivity contribution in [1.29, 1.82) is 0 Å². The summed E-state index contributed by atoms with van der Waals surface area (Å²) in [4.78, 5) is 40.0. The average Bonchev–Trinajstić information content (AvgIpc) is 3.09. The van der Waals surface area contributed by atoms with Gasteiger partial charge >= 0.3 is 0 Å². The van der Waals surface area contributed by atoms with Crippen molar-refractivity contribution in [3.63, 3.8) is 0 Å². The molecule has 3 amide bonds. The second kappa shape index (κ2) is 8.86. The lowest BCUT2D eigenvalue weighted by molar-refractivity contribution is -0.137. The molecule has 2 aromatic rings. The van der Waals surface area contributed by atoms with Crippen molar-refractivity contribution in [1.82, 2.24) is 4.90 Å². The number of hydrogen-bond donors (Lipinski definition) is 1. The zero-order chi connectivity index (χ0) is 21.0. The van der Waals surface area contributed by atoms with Crippen LogP contribution < -0.4 is 10.2 Å². The third kappa shape index (κ3) is 4.62. The second-order valence-electron chi connectivity index (χ2n) is 7.11. The predicted molar refractivity (Wildman–Crippen MR) is 109 cm³/mol. The smallest absolute Gasteiger partial charge is 0.243 e. The molecule has 1 atom stereocenters. The fourth-order valence-electron chi connectivity index (χ4n) is 3.52. The second-order valence-corrected chi connectivity index (χ2v) is 7.11. The largest absolute Gasteiger partial charge is 0.336 e. The number of carbonyl (C=O) groups is 3. The van der Waals surface area contributed by atoms with Crippen molar-refractivity contribution in [3.8, 4) is 0 Å². The Kier molecular flexibility index (Phi) is 6.26. The van der Waals surface area contributed by atoms with Crippen LogP contribution in [0.15, 0.2) is 48.5 Å². The van der Waals surface area contributed by atoms with E-state index in [-0.39, 0.29) is 42.9 Å². The number of aryl methyl sites for hydroxylation is 1. The normalized spacial score (nSPS) is 16.0. The number of nitrogens with zero attached hydrogens (tertiary/aromatic N) is 2. The van der Waals surface area contributed by atoms with E-state index in [1.165, 1.54) is 29.0 Å². The molecule has 29 heavy (non-hydrogen) atoms. The van der Waals surface area contributed by atoms with Gasteiger partial charge in [-0.3, -0.25) is 14.4 Å². The molecule has 1 aliphatic heterocycles. The highest BCUT2D eigenvalue weighted by molar-refractivity contribution is 6.01. The molecule has 0 spiro atoms. The Morgan fingerprint density at radius 2 is 1.86 bits per heavy atom. The van der Waals surface area contributed by atoms with Crippen LogP contribution in [0.4, 0.5) is 15.8 Å². The summed E-state index contributed by atoms with van der Waals surface area (Å²) in [6, 6.07) is 13.5. The molecule has 1 heterocycles. The molecular formula is C22H24FN3O3. The predicted octanol–water partition coefficient (Wildman–Crippen LogP) is 2.84. The van der Waals surface area contributed by atoms with E-state index in [1.54, 1.807) is 12.1 Å². The van der Waals surface area contributed by atoms with Crippen LogP contribution in [-0.2, 0) is 20.8 Å². The zero-order valence-electron chi connectivity index (χ0n) is 16.5. The molecule has 1 N–H and O–H groups in total. The molecule has 7 heteroatoms. The van der Waals surface area contributed by atoms with Gasteiger partial charge in [-0.2, -0.15) is 0 Å². The van der Waals surface area contributed by atoms with Crippen LogP contribution in [0.2, 0.25) is 0 Å². The summed E-state index contributed by atoms with van der Waals surface area (Å²) in [7, 11) is 1.53. The number of amides is 3. The minimum absolute atomic E-state index is 0.00219. The first-order chi connectivity index (χ1) is 13.9. The first kappa shape index (κ1) is 20.5. The molecule has 0 aromatic heterocycles. The van der Waals surface area contributed by atoms with Crippen LogP contribution in [-0.4, -0.2) is 42.8 Å². The van der Waals surface area contributed by atoms with Crippen molar-refractivity contribution in [2.24, 2.45) is 5.92 Å². The molecule has 3 rings (SSSR count). The van der Waals surface area contributed by atoms with Gasteiger partial charge in [-0.25, -0.2) is 4.39 Å². The molecule has 0 aliphatic carbocycles. The van der Waals surface area contributed by atoms with Gasteiger partial charge in [0.25, 0.3) is 0 Å². The van der Waals surface area contributed by atoms with Crippen molar-refractivity contribution < 1.29 is 18.8 Å². The first-order valence-corrected chi connectivity index (χ1v) is 9.58. The minimum Gasteiger partial charge on any atom is -0.336 e. The number of halogens is 1. The lowest BCUT2D eigenvalue weighted by Gasteiger charge is -2.21. The van der Waals surface area contributed by atoms with E-state index < -0.39 is 11.7 Å². The van der Waals surface area contributed by atoms with Gasteiger partial charge in [-0.05, 0) is 30.2 Å².